The first-order valence-electron chi connectivity index (χ1n) is 13.7. The normalized spacial score (nSPS) is 11.7. The first-order chi connectivity index (χ1) is 17.8. The summed E-state index contributed by atoms with van der Waals surface area (Å²) >= 11 is 0. The van der Waals surface area contributed by atoms with Gasteiger partial charge >= 0.3 is 0 Å². The molecule has 36 heavy (non-hydrogen) atoms. The van der Waals surface area contributed by atoms with E-state index in [0.29, 0.717) is 0 Å². The Hall–Kier alpha value is -3.64. The molecule has 0 saturated heterocycles. The van der Waals surface area contributed by atoms with Crippen molar-refractivity contribution in [2.45, 2.75) is 52.4 Å². The van der Waals surface area contributed by atoms with E-state index < -0.39 is 0 Å². The van der Waals surface area contributed by atoms with E-state index in [-0.39, 0.29) is 0 Å². The molecule has 0 bridgehead atoms. The number of hydrogen-bond donors (Lipinski definition) is 0. The maximum absolute atomic E-state index is 2.33. The fraction of sp³-hybridized carbons (Fsp3) is 0.222. The first-order valence-corrected chi connectivity index (χ1v) is 13.7. The van der Waals surface area contributed by atoms with Crippen molar-refractivity contribution < 1.29 is 0 Å². The van der Waals surface area contributed by atoms with E-state index in [1.807, 2.05) is 0 Å². The molecule has 0 saturated carbocycles. The van der Waals surface area contributed by atoms with Crippen LogP contribution < -0.4 is 0 Å². The smallest absolute Gasteiger partial charge is 0.00203 e. The van der Waals surface area contributed by atoms with E-state index in [4.69, 9.17) is 0 Å². The second-order valence-electron chi connectivity index (χ2n) is 10.2. The summed E-state index contributed by atoms with van der Waals surface area (Å²) < 4.78 is 0. The Bertz CT molecular complexity index is 1490. The molecule has 0 heterocycles. The Morgan fingerprint density at radius 2 is 0.806 bits per heavy atom. The van der Waals surface area contributed by atoms with Gasteiger partial charge in [0.1, 0.15) is 0 Å². The number of unbranched alkanes of at least 4 members (excludes halogenated alkanes) is 2. The van der Waals surface area contributed by atoms with Gasteiger partial charge in [-0.25, -0.2) is 0 Å². The van der Waals surface area contributed by atoms with E-state index in [9.17, 15) is 0 Å². The molecule has 0 fully saturated rings. The summed E-state index contributed by atoms with van der Waals surface area (Å²) in [5.41, 5.74) is 8.12. The molecule has 0 heteroatoms. The summed E-state index contributed by atoms with van der Waals surface area (Å²) in [7, 11) is 0. The van der Waals surface area contributed by atoms with Gasteiger partial charge in [-0.15, -0.1) is 0 Å². The third-order valence-corrected chi connectivity index (χ3v) is 7.83. The zero-order valence-electron chi connectivity index (χ0n) is 21.5. The van der Waals surface area contributed by atoms with Gasteiger partial charge in [0, 0.05) is 0 Å². The Kier molecular flexibility index (Phi) is 6.20. The largest absolute Gasteiger partial charge is 0.0654 e. The van der Waals surface area contributed by atoms with E-state index in [1.165, 1.54) is 91.4 Å². The molecule has 0 amide bonds. The van der Waals surface area contributed by atoms with Crippen LogP contribution in [-0.4, -0.2) is 0 Å². The van der Waals surface area contributed by atoms with Crippen LogP contribution in [0.1, 0.15) is 50.7 Å². The van der Waals surface area contributed by atoms with Crippen molar-refractivity contribution in [3.8, 4) is 22.3 Å². The highest BCUT2D eigenvalue weighted by Crippen LogP contribution is 2.42. The number of aryl methyl sites for hydroxylation is 2. The van der Waals surface area contributed by atoms with Gasteiger partial charge in [-0.2, -0.15) is 0 Å². The molecule has 178 valence electrons. The maximum atomic E-state index is 2.33. The molecule has 6 aromatic carbocycles. The number of benzene rings is 6. The molecule has 0 aromatic heterocycles. The lowest BCUT2D eigenvalue weighted by molar-refractivity contribution is 0.795. The van der Waals surface area contributed by atoms with Crippen LogP contribution in [0.5, 0.6) is 0 Å². The predicted octanol–water partition coefficient (Wildman–Crippen LogP) is 10.6. The summed E-state index contributed by atoms with van der Waals surface area (Å²) in [6, 6.07) is 37.0. The molecule has 0 radical (unpaired) electrons. The van der Waals surface area contributed by atoms with Crippen molar-refractivity contribution >= 4 is 32.3 Å². The van der Waals surface area contributed by atoms with Crippen LogP contribution in [0.25, 0.3) is 54.6 Å². The second kappa shape index (κ2) is 9.78. The molecular formula is C36H34. The molecule has 0 atom stereocenters. The standard InChI is InChI=1S/C36H34/c1-3-5-7-25-9-13-27(14-10-25)31-21-17-29-20-24-34-32(28-15-11-26(12-16-28)8-6-4-2)22-18-30-19-23-33(31)35(29)36(30)34/h9-24H,3-8H2,1-2H3. The zero-order valence-corrected chi connectivity index (χ0v) is 21.5. The highest BCUT2D eigenvalue weighted by Gasteiger charge is 2.14. The molecule has 6 rings (SSSR count). The molecule has 0 N–H and O–H groups in total. The van der Waals surface area contributed by atoms with E-state index in [1.54, 1.807) is 0 Å². The third kappa shape index (κ3) is 4.05. The number of rotatable bonds is 8. The Labute approximate surface area is 214 Å². The van der Waals surface area contributed by atoms with Gasteiger partial charge < -0.3 is 0 Å². The Morgan fingerprint density at radius 3 is 1.19 bits per heavy atom. The van der Waals surface area contributed by atoms with E-state index >= 15 is 0 Å². The minimum absolute atomic E-state index is 1.16. The number of hydrogen-bond acceptors (Lipinski definition) is 0. The molecule has 6 aromatic rings. The van der Waals surface area contributed by atoms with Crippen LogP contribution in [0.4, 0.5) is 0 Å². The van der Waals surface area contributed by atoms with Crippen LogP contribution >= 0.6 is 0 Å². The van der Waals surface area contributed by atoms with Crippen LogP contribution in [0.2, 0.25) is 0 Å². The van der Waals surface area contributed by atoms with Crippen LogP contribution in [0.15, 0.2) is 97.1 Å². The lowest BCUT2D eigenvalue weighted by atomic mass is 9.87. The van der Waals surface area contributed by atoms with Crippen molar-refractivity contribution in [1.29, 1.82) is 0 Å². The van der Waals surface area contributed by atoms with E-state index in [0.717, 1.165) is 12.8 Å². The van der Waals surface area contributed by atoms with E-state index in [2.05, 4.69) is 111 Å². The molecular weight excluding hydrogens is 432 g/mol. The average molecular weight is 467 g/mol. The zero-order chi connectivity index (χ0) is 24.5. The minimum atomic E-state index is 1.16. The highest BCUT2D eigenvalue weighted by atomic mass is 14.2. The third-order valence-electron chi connectivity index (χ3n) is 7.83. The lowest BCUT2D eigenvalue weighted by Gasteiger charge is -2.17. The van der Waals surface area contributed by atoms with Gasteiger partial charge in [0.15, 0.2) is 0 Å². The van der Waals surface area contributed by atoms with Crippen molar-refractivity contribution in [2.75, 3.05) is 0 Å². The van der Waals surface area contributed by atoms with Crippen molar-refractivity contribution in [3.63, 3.8) is 0 Å². The quantitative estimate of drug-likeness (QED) is 0.196. The van der Waals surface area contributed by atoms with Crippen molar-refractivity contribution in [1.82, 2.24) is 0 Å². The average Bonchev–Trinajstić information content (AvgIpc) is 2.94. The maximum Gasteiger partial charge on any atom is -0.00203 e. The first kappa shape index (κ1) is 22.8. The van der Waals surface area contributed by atoms with Crippen LogP contribution in [0, 0.1) is 0 Å². The molecule has 0 spiro atoms. The molecule has 0 aliphatic carbocycles. The van der Waals surface area contributed by atoms with Crippen LogP contribution in [-0.2, 0) is 12.8 Å². The monoisotopic (exact) mass is 466 g/mol. The predicted molar refractivity (Wildman–Crippen MR) is 158 cm³/mol. The Morgan fingerprint density at radius 1 is 0.417 bits per heavy atom. The van der Waals surface area contributed by atoms with Crippen LogP contribution in [0.3, 0.4) is 0 Å². The molecule has 0 nitrogen and oxygen atoms in total. The molecule has 0 unspecified atom stereocenters. The summed E-state index contributed by atoms with van der Waals surface area (Å²) in [6.45, 7) is 4.51. The van der Waals surface area contributed by atoms with Crippen molar-refractivity contribution in [3.05, 3.63) is 108 Å². The van der Waals surface area contributed by atoms with Gasteiger partial charge in [-0.1, -0.05) is 124 Å². The van der Waals surface area contributed by atoms with Gasteiger partial charge in [0.05, 0.1) is 0 Å². The summed E-state index contributed by atoms with van der Waals surface area (Å²) in [6.07, 6.45) is 7.31. The highest BCUT2D eigenvalue weighted by molar-refractivity contribution is 6.27. The summed E-state index contributed by atoms with van der Waals surface area (Å²) in [5.74, 6) is 0. The summed E-state index contributed by atoms with van der Waals surface area (Å²) in [5, 5.41) is 8.10. The van der Waals surface area contributed by atoms with Gasteiger partial charge in [0.25, 0.3) is 0 Å². The second-order valence-corrected chi connectivity index (χ2v) is 10.2. The van der Waals surface area contributed by atoms with Gasteiger partial charge in [0.2, 0.25) is 0 Å². The summed E-state index contributed by atoms with van der Waals surface area (Å²) in [4.78, 5) is 0. The minimum Gasteiger partial charge on any atom is -0.0654 e. The van der Waals surface area contributed by atoms with Crippen molar-refractivity contribution in [2.24, 2.45) is 0 Å². The lowest BCUT2D eigenvalue weighted by Crippen LogP contribution is -1.90. The molecule has 0 aliphatic heterocycles. The molecule has 0 aliphatic rings. The SMILES string of the molecule is CCCCc1ccc(-c2ccc3ccc4c(-c5ccc(CCCC)cc5)ccc5ccc2c3c54)cc1. The topological polar surface area (TPSA) is 0 Å². The van der Waals surface area contributed by atoms with Gasteiger partial charge in [-0.3, -0.25) is 0 Å². The Balaban J connectivity index is 1.49. The van der Waals surface area contributed by atoms with Gasteiger partial charge in [-0.05, 0) is 91.4 Å². The fourth-order valence-corrected chi connectivity index (χ4v) is 5.77. The fourth-order valence-electron chi connectivity index (χ4n) is 5.77.